The van der Waals surface area contributed by atoms with E-state index < -0.39 is 0 Å². The van der Waals surface area contributed by atoms with Crippen LogP contribution >= 0.6 is 0 Å². The fourth-order valence-corrected chi connectivity index (χ4v) is 1.57. The first-order valence-electron chi connectivity index (χ1n) is 6.51. The molecular weight excluding hydrogens is 260 g/mol. The van der Waals surface area contributed by atoms with Crippen LogP contribution in [0.1, 0.15) is 12.0 Å². The lowest BCUT2D eigenvalue weighted by molar-refractivity contribution is 0.0806. The van der Waals surface area contributed by atoms with Gasteiger partial charge < -0.3 is 25.2 Å². The third-order valence-electron chi connectivity index (χ3n) is 2.57. The van der Waals surface area contributed by atoms with Gasteiger partial charge in [-0.2, -0.15) is 0 Å². The van der Waals surface area contributed by atoms with Crippen molar-refractivity contribution in [2.45, 2.75) is 12.8 Å². The Morgan fingerprint density at radius 3 is 2.55 bits per heavy atom. The summed E-state index contributed by atoms with van der Waals surface area (Å²) < 4.78 is 15.8. The molecule has 0 saturated heterocycles. The van der Waals surface area contributed by atoms with E-state index in [1.165, 1.54) is 0 Å². The van der Waals surface area contributed by atoms with E-state index >= 15 is 0 Å². The van der Waals surface area contributed by atoms with Gasteiger partial charge in [0.1, 0.15) is 18.2 Å². The number of methoxy groups -OCH3 is 1. The Morgan fingerprint density at radius 1 is 1.15 bits per heavy atom. The number of hydrogen-bond acceptors (Lipinski definition) is 5. The van der Waals surface area contributed by atoms with Gasteiger partial charge in [0.05, 0.1) is 6.61 Å². The van der Waals surface area contributed by atoms with Crippen molar-refractivity contribution in [2.75, 3.05) is 33.5 Å². The monoisotopic (exact) mass is 282 g/mol. The van der Waals surface area contributed by atoms with Gasteiger partial charge in [-0.25, -0.2) is 0 Å². The average molecular weight is 282 g/mol. The van der Waals surface area contributed by atoms with Gasteiger partial charge in [0.2, 0.25) is 0 Å². The third kappa shape index (κ3) is 6.96. The summed E-state index contributed by atoms with van der Waals surface area (Å²) in [4.78, 5) is 0. The highest BCUT2D eigenvalue weighted by Gasteiger charge is 1.99. The quantitative estimate of drug-likeness (QED) is 0.223. The molecule has 1 aromatic carbocycles. The number of ether oxygens (including phenoxy) is 3. The molecule has 0 aromatic heterocycles. The van der Waals surface area contributed by atoms with Crippen molar-refractivity contribution in [2.24, 2.45) is 10.9 Å². The predicted octanol–water partition coefficient (Wildman–Crippen LogP) is 1.41. The smallest absolute Gasteiger partial charge is 0.143 e. The third-order valence-corrected chi connectivity index (χ3v) is 2.57. The van der Waals surface area contributed by atoms with Crippen LogP contribution in [0.4, 0.5) is 0 Å². The second-order valence-electron chi connectivity index (χ2n) is 4.22. The Balaban J connectivity index is 2.18. The first-order valence-corrected chi connectivity index (χ1v) is 6.51. The Kier molecular flexibility index (Phi) is 8.17. The number of benzene rings is 1. The summed E-state index contributed by atoms with van der Waals surface area (Å²) in [6.45, 7) is 2.45. The van der Waals surface area contributed by atoms with Gasteiger partial charge >= 0.3 is 0 Å². The molecule has 0 aliphatic carbocycles. The predicted molar refractivity (Wildman–Crippen MR) is 76.4 cm³/mol. The van der Waals surface area contributed by atoms with Gasteiger partial charge in [-0.15, -0.1) is 0 Å². The van der Waals surface area contributed by atoms with Crippen LogP contribution in [-0.2, 0) is 15.9 Å². The highest BCUT2D eigenvalue weighted by molar-refractivity contribution is 5.82. The minimum Gasteiger partial charge on any atom is -0.491 e. The van der Waals surface area contributed by atoms with E-state index in [1.54, 1.807) is 7.11 Å². The van der Waals surface area contributed by atoms with Crippen molar-refractivity contribution >= 4 is 5.84 Å². The van der Waals surface area contributed by atoms with Crippen LogP contribution in [0.2, 0.25) is 0 Å². The van der Waals surface area contributed by atoms with E-state index in [1.807, 2.05) is 24.3 Å². The second kappa shape index (κ2) is 10.1. The molecular formula is C14H22N2O4. The molecule has 0 aliphatic heterocycles. The van der Waals surface area contributed by atoms with E-state index in [9.17, 15) is 0 Å². The molecule has 6 heteroatoms. The minimum absolute atomic E-state index is 0.183. The van der Waals surface area contributed by atoms with E-state index in [4.69, 9.17) is 25.2 Å². The lowest BCUT2D eigenvalue weighted by Crippen LogP contribution is -2.14. The number of rotatable bonds is 10. The SMILES string of the molecule is COCCCOCCOc1ccc(C/C(N)=N/O)cc1. The van der Waals surface area contributed by atoms with E-state index in [0.717, 1.165) is 17.7 Å². The highest BCUT2D eigenvalue weighted by atomic mass is 16.5. The Bertz CT molecular complexity index is 393. The molecule has 0 fully saturated rings. The van der Waals surface area contributed by atoms with Gasteiger partial charge in [-0.1, -0.05) is 17.3 Å². The zero-order valence-corrected chi connectivity index (χ0v) is 11.7. The van der Waals surface area contributed by atoms with Gasteiger partial charge in [0.25, 0.3) is 0 Å². The van der Waals surface area contributed by atoms with E-state index in [0.29, 0.717) is 32.8 Å². The molecule has 0 unspecified atom stereocenters. The molecule has 0 bridgehead atoms. The Labute approximate surface area is 119 Å². The molecule has 20 heavy (non-hydrogen) atoms. The molecule has 0 spiro atoms. The molecule has 0 heterocycles. The van der Waals surface area contributed by atoms with Crippen LogP contribution in [0, 0.1) is 0 Å². The van der Waals surface area contributed by atoms with Crippen LogP contribution in [0.25, 0.3) is 0 Å². The van der Waals surface area contributed by atoms with E-state index in [2.05, 4.69) is 5.16 Å². The zero-order chi connectivity index (χ0) is 14.6. The summed E-state index contributed by atoms with van der Waals surface area (Å²) in [6.07, 6.45) is 1.30. The maximum Gasteiger partial charge on any atom is 0.143 e. The first kappa shape index (κ1) is 16.3. The summed E-state index contributed by atoms with van der Waals surface area (Å²) >= 11 is 0. The maximum atomic E-state index is 8.49. The van der Waals surface area contributed by atoms with Gasteiger partial charge in [-0.3, -0.25) is 0 Å². The lowest BCUT2D eigenvalue weighted by Gasteiger charge is -2.08. The normalized spacial score (nSPS) is 11.6. The van der Waals surface area contributed by atoms with Gasteiger partial charge in [0.15, 0.2) is 0 Å². The van der Waals surface area contributed by atoms with Crippen molar-refractivity contribution in [1.82, 2.24) is 0 Å². The van der Waals surface area contributed by atoms with Crippen LogP contribution in [0.5, 0.6) is 5.75 Å². The molecule has 1 rings (SSSR count). The molecule has 0 amide bonds. The summed E-state index contributed by atoms with van der Waals surface area (Å²) in [5.41, 5.74) is 6.40. The summed E-state index contributed by atoms with van der Waals surface area (Å²) in [5.74, 6) is 0.955. The summed E-state index contributed by atoms with van der Waals surface area (Å²) in [5, 5.41) is 11.4. The standard InChI is InChI=1S/C14H22N2O4/c1-18-7-2-8-19-9-10-20-13-5-3-12(4-6-13)11-14(15)16-17/h3-6,17H,2,7-11H2,1H3,(H2,15,16). The van der Waals surface area contributed by atoms with Crippen molar-refractivity contribution in [3.63, 3.8) is 0 Å². The Hall–Kier alpha value is -1.79. The van der Waals surface area contributed by atoms with Crippen molar-refractivity contribution in [1.29, 1.82) is 0 Å². The average Bonchev–Trinajstić information content (AvgIpc) is 2.48. The van der Waals surface area contributed by atoms with Crippen molar-refractivity contribution in [3.05, 3.63) is 29.8 Å². The lowest BCUT2D eigenvalue weighted by atomic mass is 10.1. The first-order chi connectivity index (χ1) is 9.76. The number of nitrogens with two attached hydrogens (primary N) is 1. The molecule has 1 aromatic rings. The fraction of sp³-hybridized carbons (Fsp3) is 0.500. The summed E-state index contributed by atoms with van der Waals surface area (Å²) in [7, 11) is 1.67. The van der Waals surface area contributed by atoms with Crippen molar-refractivity contribution < 1.29 is 19.4 Å². The largest absolute Gasteiger partial charge is 0.491 e. The van der Waals surface area contributed by atoms with Gasteiger partial charge in [0, 0.05) is 26.7 Å². The van der Waals surface area contributed by atoms with Crippen LogP contribution in [-0.4, -0.2) is 44.6 Å². The minimum atomic E-state index is 0.183. The highest BCUT2D eigenvalue weighted by Crippen LogP contribution is 2.12. The molecule has 3 N–H and O–H groups in total. The fourth-order valence-electron chi connectivity index (χ4n) is 1.57. The molecule has 0 aliphatic rings. The number of oxime groups is 1. The molecule has 0 saturated carbocycles. The second-order valence-corrected chi connectivity index (χ2v) is 4.22. The summed E-state index contributed by atoms with van der Waals surface area (Å²) in [6, 6.07) is 7.47. The molecule has 0 radical (unpaired) electrons. The van der Waals surface area contributed by atoms with Crippen LogP contribution in [0.3, 0.4) is 0 Å². The molecule has 112 valence electrons. The number of amidine groups is 1. The van der Waals surface area contributed by atoms with Crippen LogP contribution < -0.4 is 10.5 Å². The maximum absolute atomic E-state index is 8.49. The van der Waals surface area contributed by atoms with Crippen molar-refractivity contribution in [3.8, 4) is 5.75 Å². The zero-order valence-electron chi connectivity index (χ0n) is 11.7. The van der Waals surface area contributed by atoms with Crippen LogP contribution in [0.15, 0.2) is 29.4 Å². The number of hydrogen-bond donors (Lipinski definition) is 2. The topological polar surface area (TPSA) is 86.3 Å². The molecule has 0 atom stereocenters. The Morgan fingerprint density at radius 2 is 1.90 bits per heavy atom. The van der Waals surface area contributed by atoms with E-state index in [-0.39, 0.29) is 5.84 Å². The van der Waals surface area contributed by atoms with Gasteiger partial charge in [-0.05, 0) is 24.1 Å². The number of nitrogens with zero attached hydrogens (tertiary/aromatic N) is 1. The molecule has 6 nitrogen and oxygen atoms in total.